The van der Waals surface area contributed by atoms with Gasteiger partial charge in [-0.2, -0.15) is 0 Å². The highest BCUT2D eigenvalue weighted by atomic mass is 16.3. The molecule has 3 heteroatoms. The summed E-state index contributed by atoms with van der Waals surface area (Å²) in [4.78, 5) is 0. The fourth-order valence-corrected chi connectivity index (χ4v) is 2.82. The summed E-state index contributed by atoms with van der Waals surface area (Å²) in [5.74, 6) is 0. The lowest BCUT2D eigenvalue weighted by molar-refractivity contribution is -0.00456. The quantitative estimate of drug-likeness (QED) is 0.763. The van der Waals surface area contributed by atoms with E-state index in [1.54, 1.807) is 6.92 Å². The molecule has 19 heavy (non-hydrogen) atoms. The van der Waals surface area contributed by atoms with Crippen LogP contribution < -0.4 is 5.32 Å². The summed E-state index contributed by atoms with van der Waals surface area (Å²) in [6.07, 6.45) is 5.17. The second kappa shape index (κ2) is 6.04. The van der Waals surface area contributed by atoms with E-state index >= 15 is 0 Å². The molecule has 1 unspecified atom stereocenters. The largest absolute Gasteiger partial charge is 0.389 e. The Morgan fingerprint density at radius 3 is 2.42 bits per heavy atom. The minimum absolute atomic E-state index is 0.458. The van der Waals surface area contributed by atoms with Crippen LogP contribution in [-0.4, -0.2) is 28.9 Å². The molecular weight excluding hydrogens is 238 g/mol. The van der Waals surface area contributed by atoms with Crippen molar-refractivity contribution in [2.75, 3.05) is 13.1 Å². The third kappa shape index (κ3) is 4.03. The van der Waals surface area contributed by atoms with E-state index in [1.165, 1.54) is 6.42 Å². The lowest BCUT2D eigenvalue weighted by Gasteiger charge is -2.34. The number of aliphatic hydroxyl groups is 2. The monoisotopic (exact) mass is 263 g/mol. The van der Waals surface area contributed by atoms with E-state index in [0.29, 0.717) is 13.1 Å². The van der Waals surface area contributed by atoms with Crippen molar-refractivity contribution in [2.24, 2.45) is 0 Å². The molecule has 1 aliphatic carbocycles. The normalized spacial score (nSPS) is 21.8. The van der Waals surface area contributed by atoms with E-state index in [9.17, 15) is 10.2 Å². The van der Waals surface area contributed by atoms with Crippen molar-refractivity contribution in [3.63, 3.8) is 0 Å². The Labute approximate surface area is 115 Å². The van der Waals surface area contributed by atoms with Gasteiger partial charge in [0.1, 0.15) is 0 Å². The zero-order valence-corrected chi connectivity index (χ0v) is 11.7. The number of nitrogens with one attached hydrogen (secondary N) is 1. The van der Waals surface area contributed by atoms with Crippen LogP contribution >= 0.6 is 0 Å². The molecule has 3 nitrogen and oxygen atoms in total. The van der Waals surface area contributed by atoms with Gasteiger partial charge < -0.3 is 15.5 Å². The van der Waals surface area contributed by atoms with Crippen LogP contribution in [-0.2, 0) is 5.60 Å². The lowest BCUT2D eigenvalue weighted by atomic mass is 9.84. The average molecular weight is 263 g/mol. The maximum absolute atomic E-state index is 10.5. The van der Waals surface area contributed by atoms with Crippen molar-refractivity contribution in [3.05, 3.63) is 35.9 Å². The Bertz CT molecular complexity index is 383. The highest BCUT2D eigenvalue weighted by Gasteiger charge is 2.30. The van der Waals surface area contributed by atoms with Crippen LogP contribution in [0.5, 0.6) is 0 Å². The van der Waals surface area contributed by atoms with Crippen molar-refractivity contribution in [2.45, 2.75) is 50.2 Å². The molecule has 0 heterocycles. The van der Waals surface area contributed by atoms with Crippen LogP contribution in [0.4, 0.5) is 0 Å². The van der Waals surface area contributed by atoms with Crippen molar-refractivity contribution in [1.29, 1.82) is 0 Å². The molecule has 0 bridgehead atoms. The third-order valence-electron chi connectivity index (χ3n) is 4.10. The van der Waals surface area contributed by atoms with Crippen LogP contribution in [0.3, 0.4) is 0 Å². The number of rotatable bonds is 5. The smallest absolute Gasteiger partial charge is 0.0992 e. The third-order valence-corrected chi connectivity index (χ3v) is 4.10. The molecule has 0 amide bonds. The summed E-state index contributed by atoms with van der Waals surface area (Å²) in [6.45, 7) is 2.83. The summed E-state index contributed by atoms with van der Waals surface area (Å²) >= 11 is 0. The van der Waals surface area contributed by atoms with Crippen LogP contribution in [0.2, 0.25) is 0 Å². The summed E-state index contributed by atoms with van der Waals surface area (Å²) < 4.78 is 0. The minimum Gasteiger partial charge on any atom is -0.389 e. The molecule has 1 aromatic rings. The second-order valence-electron chi connectivity index (χ2n) is 6.03. The van der Waals surface area contributed by atoms with Crippen molar-refractivity contribution in [3.8, 4) is 0 Å². The average Bonchev–Trinajstić information content (AvgIpc) is 2.40. The fraction of sp³-hybridized carbons (Fsp3) is 0.625. The molecule has 2 rings (SSSR count). The van der Waals surface area contributed by atoms with E-state index in [-0.39, 0.29) is 0 Å². The van der Waals surface area contributed by atoms with Gasteiger partial charge in [0, 0.05) is 13.1 Å². The highest BCUT2D eigenvalue weighted by Crippen LogP contribution is 2.27. The first-order valence-electron chi connectivity index (χ1n) is 7.23. The molecule has 0 aromatic heterocycles. The molecule has 1 saturated carbocycles. The van der Waals surface area contributed by atoms with Crippen molar-refractivity contribution < 1.29 is 10.2 Å². The first kappa shape index (κ1) is 14.5. The topological polar surface area (TPSA) is 52.5 Å². The Hall–Kier alpha value is -0.900. The summed E-state index contributed by atoms with van der Waals surface area (Å²) in [5, 5.41) is 24.1. The highest BCUT2D eigenvalue weighted by molar-refractivity contribution is 5.21. The van der Waals surface area contributed by atoms with Crippen LogP contribution in [0.15, 0.2) is 30.3 Å². The first-order chi connectivity index (χ1) is 9.02. The molecular formula is C16H25NO2. The number of benzene rings is 1. The van der Waals surface area contributed by atoms with Crippen molar-refractivity contribution >= 4 is 0 Å². The fourth-order valence-electron chi connectivity index (χ4n) is 2.82. The van der Waals surface area contributed by atoms with Gasteiger partial charge in [-0.15, -0.1) is 0 Å². The molecule has 0 radical (unpaired) electrons. The van der Waals surface area contributed by atoms with Gasteiger partial charge in [-0.05, 0) is 25.3 Å². The van der Waals surface area contributed by atoms with E-state index in [2.05, 4.69) is 5.32 Å². The van der Waals surface area contributed by atoms with Gasteiger partial charge >= 0.3 is 0 Å². The van der Waals surface area contributed by atoms with Crippen LogP contribution in [0, 0.1) is 0 Å². The summed E-state index contributed by atoms with van der Waals surface area (Å²) in [6, 6.07) is 9.66. The van der Waals surface area contributed by atoms with E-state index in [1.807, 2.05) is 30.3 Å². The van der Waals surface area contributed by atoms with E-state index in [0.717, 1.165) is 31.2 Å². The Morgan fingerprint density at radius 2 is 1.79 bits per heavy atom. The van der Waals surface area contributed by atoms with Gasteiger partial charge in [-0.3, -0.25) is 0 Å². The molecule has 1 aliphatic rings. The Morgan fingerprint density at radius 1 is 1.16 bits per heavy atom. The Kier molecular flexibility index (Phi) is 4.61. The predicted molar refractivity (Wildman–Crippen MR) is 76.9 cm³/mol. The maximum Gasteiger partial charge on any atom is 0.0992 e. The number of hydrogen-bond donors (Lipinski definition) is 3. The van der Waals surface area contributed by atoms with Crippen molar-refractivity contribution in [1.82, 2.24) is 5.32 Å². The molecule has 3 N–H and O–H groups in total. The van der Waals surface area contributed by atoms with Crippen LogP contribution in [0.1, 0.15) is 44.6 Å². The van der Waals surface area contributed by atoms with Gasteiger partial charge in [0.25, 0.3) is 0 Å². The molecule has 106 valence electrons. The maximum atomic E-state index is 10.5. The molecule has 0 saturated heterocycles. The van der Waals surface area contributed by atoms with E-state index < -0.39 is 11.2 Å². The molecule has 1 fully saturated rings. The lowest BCUT2D eigenvalue weighted by Crippen LogP contribution is -2.46. The first-order valence-corrected chi connectivity index (χ1v) is 7.23. The summed E-state index contributed by atoms with van der Waals surface area (Å²) in [7, 11) is 0. The van der Waals surface area contributed by atoms with E-state index in [4.69, 9.17) is 0 Å². The van der Waals surface area contributed by atoms with Gasteiger partial charge in [-0.25, -0.2) is 0 Å². The zero-order chi connectivity index (χ0) is 13.8. The number of hydrogen-bond acceptors (Lipinski definition) is 3. The molecule has 0 aliphatic heterocycles. The zero-order valence-electron chi connectivity index (χ0n) is 11.7. The minimum atomic E-state index is -0.897. The van der Waals surface area contributed by atoms with Gasteiger partial charge in [0.05, 0.1) is 11.2 Å². The predicted octanol–water partition coefficient (Wildman–Crippen LogP) is 2.18. The van der Waals surface area contributed by atoms with Gasteiger partial charge in [0.2, 0.25) is 0 Å². The standard InChI is InChI=1S/C16H25NO2/c1-15(18,14-8-4-2-5-9-14)12-17-13-16(19)10-6-3-7-11-16/h2,4-5,8-9,17-19H,3,6-7,10-13H2,1H3. The van der Waals surface area contributed by atoms with Gasteiger partial charge in [-0.1, -0.05) is 49.6 Å². The SMILES string of the molecule is CC(O)(CNCC1(O)CCCCC1)c1ccccc1. The molecule has 1 aromatic carbocycles. The Balaban J connectivity index is 1.84. The molecule has 0 spiro atoms. The second-order valence-corrected chi connectivity index (χ2v) is 6.03. The molecule has 1 atom stereocenters. The van der Waals surface area contributed by atoms with Crippen LogP contribution in [0.25, 0.3) is 0 Å². The van der Waals surface area contributed by atoms with Gasteiger partial charge in [0.15, 0.2) is 0 Å². The summed E-state index contributed by atoms with van der Waals surface area (Å²) in [5.41, 5.74) is -0.574.